The van der Waals surface area contributed by atoms with Crippen molar-refractivity contribution in [2.45, 2.75) is 19.9 Å². The average Bonchev–Trinajstić information content (AvgIpc) is 2.53. The smallest absolute Gasteiger partial charge is 0.326 e. The molecule has 3 rings (SSSR count). The zero-order valence-corrected chi connectivity index (χ0v) is 13.7. The number of amides is 1. The molecule has 1 amide bonds. The Morgan fingerprint density at radius 1 is 1.17 bits per heavy atom. The molecule has 2 heterocycles. The fourth-order valence-electron chi connectivity index (χ4n) is 3.14. The van der Waals surface area contributed by atoms with Crippen LogP contribution < -0.4 is 16.1 Å². The second kappa shape index (κ2) is 6.35. The number of H-pyrrole nitrogens is 2. The second-order valence-corrected chi connectivity index (χ2v) is 6.08. The van der Waals surface area contributed by atoms with Gasteiger partial charge in [0.15, 0.2) is 0 Å². The summed E-state index contributed by atoms with van der Waals surface area (Å²) in [6.07, 6.45) is 0. The number of aromatic nitrogens is 2. The van der Waals surface area contributed by atoms with Crippen LogP contribution in [-0.2, 0) is 0 Å². The second-order valence-electron chi connectivity index (χ2n) is 6.08. The predicted octanol–water partition coefficient (Wildman–Crippen LogP) is 0.723. The monoisotopic (exact) mass is 328 g/mol. The number of anilines is 1. The van der Waals surface area contributed by atoms with E-state index in [0.717, 1.165) is 6.07 Å². The molecular formula is C17H20N4O3. The summed E-state index contributed by atoms with van der Waals surface area (Å²) in [6.45, 7) is 5.97. The fraction of sp³-hybridized carbons (Fsp3) is 0.353. The number of carbonyl (C=O) groups excluding carboxylic acids is 1. The molecule has 0 bridgehead atoms. The van der Waals surface area contributed by atoms with E-state index in [2.05, 4.69) is 33.9 Å². The predicted molar refractivity (Wildman–Crippen MR) is 91.6 cm³/mol. The van der Waals surface area contributed by atoms with E-state index >= 15 is 0 Å². The number of nitrogens with zero attached hydrogens (tertiary/aromatic N) is 2. The van der Waals surface area contributed by atoms with Crippen LogP contribution in [0.15, 0.2) is 39.9 Å². The van der Waals surface area contributed by atoms with E-state index < -0.39 is 11.2 Å². The van der Waals surface area contributed by atoms with Gasteiger partial charge in [-0.05, 0) is 25.5 Å². The number of carbonyl (C=O) groups is 1. The maximum atomic E-state index is 12.6. The summed E-state index contributed by atoms with van der Waals surface area (Å²) in [7, 11) is 0. The summed E-state index contributed by atoms with van der Waals surface area (Å²) < 4.78 is 0. The zero-order valence-electron chi connectivity index (χ0n) is 13.7. The minimum Gasteiger partial charge on any atom is -0.367 e. The van der Waals surface area contributed by atoms with Crippen LogP contribution in [0.5, 0.6) is 0 Å². The van der Waals surface area contributed by atoms with E-state index in [9.17, 15) is 14.4 Å². The van der Waals surface area contributed by atoms with Crippen LogP contribution in [0.25, 0.3) is 0 Å². The highest BCUT2D eigenvalue weighted by molar-refractivity contribution is 5.92. The third-order valence-electron chi connectivity index (χ3n) is 4.34. The van der Waals surface area contributed by atoms with Crippen molar-refractivity contribution in [3.63, 3.8) is 0 Å². The molecule has 1 aliphatic heterocycles. The lowest BCUT2D eigenvalue weighted by Crippen LogP contribution is -2.54. The van der Waals surface area contributed by atoms with E-state index in [4.69, 9.17) is 0 Å². The molecule has 1 atom stereocenters. The molecule has 1 aromatic carbocycles. The molecule has 1 fully saturated rings. The van der Waals surface area contributed by atoms with Gasteiger partial charge in [-0.15, -0.1) is 0 Å². The van der Waals surface area contributed by atoms with Crippen molar-refractivity contribution in [2.75, 3.05) is 24.5 Å². The Kier molecular flexibility index (Phi) is 4.24. The topological polar surface area (TPSA) is 89.3 Å². The first-order valence-corrected chi connectivity index (χ1v) is 7.91. The Balaban J connectivity index is 1.78. The largest absolute Gasteiger partial charge is 0.367 e. The normalized spacial score (nSPS) is 17.8. The van der Waals surface area contributed by atoms with Crippen LogP contribution in [0.3, 0.4) is 0 Å². The van der Waals surface area contributed by atoms with Gasteiger partial charge in [0.1, 0.15) is 5.69 Å². The molecular weight excluding hydrogens is 308 g/mol. The van der Waals surface area contributed by atoms with Crippen LogP contribution in [0.4, 0.5) is 5.69 Å². The molecule has 2 aromatic rings. The molecule has 0 saturated carbocycles. The molecule has 0 radical (unpaired) electrons. The van der Waals surface area contributed by atoms with Crippen LogP contribution in [0, 0.1) is 6.92 Å². The van der Waals surface area contributed by atoms with Gasteiger partial charge in [0.05, 0.1) is 0 Å². The van der Waals surface area contributed by atoms with E-state index in [1.807, 2.05) is 19.1 Å². The Bertz CT molecular complexity index is 842. The number of nitrogens with one attached hydrogen (secondary N) is 2. The number of hydrogen-bond donors (Lipinski definition) is 2. The number of para-hydroxylation sites is 1. The van der Waals surface area contributed by atoms with E-state index in [0.29, 0.717) is 19.6 Å². The summed E-state index contributed by atoms with van der Waals surface area (Å²) >= 11 is 0. The standard InChI is InChI=1S/C17H20N4O3/c1-11-5-3-4-6-14(11)20-7-8-21(12(2)10-20)16(23)13-9-15(22)19-17(24)18-13/h3-6,9,12H,7-8,10H2,1-2H3,(H2,18,19,22,24)/t12-/m1/s1. The molecule has 1 saturated heterocycles. The van der Waals surface area contributed by atoms with Gasteiger partial charge in [-0.2, -0.15) is 0 Å². The van der Waals surface area contributed by atoms with Crippen molar-refractivity contribution in [1.82, 2.24) is 14.9 Å². The van der Waals surface area contributed by atoms with Gasteiger partial charge < -0.3 is 14.8 Å². The molecule has 0 unspecified atom stereocenters. The van der Waals surface area contributed by atoms with Gasteiger partial charge in [0.25, 0.3) is 11.5 Å². The molecule has 7 nitrogen and oxygen atoms in total. The van der Waals surface area contributed by atoms with E-state index in [-0.39, 0.29) is 17.6 Å². The number of piperazine rings is 1. The highest BCUT2D eigenvalue weighted by atomic mass is 16.2. The molecule has 1 aromatic heterocycles. The lowest BCUT2D eigenvalue weighted by molar-refractivity contribution is 0.0667. The van der Waals surface area contributed by atoms with Gasteiger partial charge in [0.2, 0.25) is 0 Å². The average molecular weight is 328 g/mol. The maximum absolute atomic E-state index is 12.6. The number of aryl methyl sites for hydroxylation is 1. The van der Waals surface area contributed by atoms with E-state index in [1.165, 1.54) is 11.3 Å². The van der Waals surface area contributed by atoms with E-state index in [1.54, 1.807) is 4.90 Å². The molecule has 0 spiro atoms. The van der Waals surface area contributed by atoms with Crippen LogP contribution in [-0.4, -0.2) is 46.5 Å². The van der Waals surface area contributed by atoms with Crippen LogP contribution >= 0.6 is 0 Å². The number of benzene rings is 1. The Morgan fingerprint density at radius 3 is 2.58 bits per heavy atom. The summed E-state index contributed by atoms with van der Waals surface area (Å²) in [5, 5.41) is 0. The molecule has 24 heavy (non-hydrogen) atoms. The minimum atomic E-state index is -0.669. The van der Waals surface area contributed by atoms with Crippen molar-refractivity contribution in [1.29, 1.82) is 0 Å². The van der Waals surface area contributed by atoms with Crippen molar-refractivity contribution in [3.05, 3.63) is 62.4 Å². The molecule has 126 valence electrons. The Labute approximate surface area is 138 Å². The quantitative estimate of drug-likeness (QED) is 0.850. The zero-order chi connectivity index (χ0) is 17.3. The third-order valence-corrected chi connectivity index (χ3v) is 4.34. The van der Waals surface area contributed by atoms with Crippen molar-refractivity contribution in [2.24, 2.45) is 0 Å². The highest BCUT2D eigenvalue weighted by Crippen LogP contribution is 2.23. The lowest BCUT2D eigenvalue weighted by Gasteiger charge is -2.41. The molecule has 7 heteroatoms. The number of aromatic amines is 2. The summed E-state index contributed by atoms with van der Waals surface area (Å²) in [5.74, 6) is -0.324. The van der Waals surface area contributed by atoms with Crippen molar-refractivity contribution >= 4 is 11.6 Å². The molecule has 2 N–H and O–H groups in total. The maximum Gasteiger partial charge on any atom is 0.326 e. The first kappa shape index (κ1) is 16.0. The number of rotatable bonds is 2. The van der Waals surface area contributed by atoms with Gasteiger partial charge >= 0.3 is 5.69 Å². The lowest BCUT2D eigenvalue weighted by atomic mass is 10.1. The van der Waals surface area contributed by atoms with Crippen LogP contribution in [0.2, 0.25) is 0 Å². The van der Waals surface area contributed by atoms with Crippen molar-refractivity contribution < 1.29 is 4.79 Å². The number of hydrogen-bond acceptors (Lipinski definition) is 4. The summed E-state index contributed by atoms with van der Waals surface area (Å²) in [4.78, 5) is 43.8. The SMILES string of the molecule is Cc1ccccc1N1CCN(C(=O)c2cc(=O)[nH]c(=O)[nH]2)[C@H](C)C1. The van der Waals surface area contributed by atoms with Gasteiger partial charge in [-0.25, -0.2) is 4.79 Å². The fourth-order valence-corrected chi connectivity index (χ4v) is 3.14. The van der Waals surface area contributed by atoms with Crippen molar-refractivity contribution in [3.8, 4) is 0 Å². The highest BCUT2D eigenvalue weighted by Gasteiger charge is 2.29. The molecule has 1 aliphatic rings. The van der Waals surface area contributed by atoms with Gasteiger partial charge in [-0.1, -0.05) is 18.2 Å². The first-order chi connectivity index (χ1) is 11.5. The Morgan fingerprint density at radius 2 is 1.92 bits per heavy atom. The third kappa shape index (κ3) is 3.10. The summed E-state index contributed by atoms with van der Waals surface area (Å²) in [6, 6.07) is 9.25. The minimum absolute atomic E-state index is 0.0277. The van der Waals surface area contributed by atoms with Gasteiger partial charge in [0, 0.05) is 37.4 Å². The molecule has 0 aliphatic carbocycles. The van der Waals surface area contributed by atoms with Crippen LogP contribution in [0.1, 0.15) is 23.0 Å². The summed E-state index contributed by atoms with van der Waals surface area (Å²) in [5.41, 5.74) is 1.15. The van der Waals surface area contributed by atoms with Gasteiger partial charge in [-0.3, -0.25) is 14.6 Å². The first-order valence-electron chi connectivity index (χ1n) is 7.91. The Hall–Kier alpha value is -2.83.